The number of ether oxygens (including phenoxy) is 4. The average molecular weight is 614 g/mol. The molecule has 3 fully saturated rings. The quantitative estimate of drug-likeness (QED) is 0.300. The van der Waals surface area contributed by atoms with Gasteiger partial charge in [0.2, 0.25) is 0 Å². The van der Waals surface area contributed by atoms with E-state index in [2.05, 4.69) is 16.8 Å². The van der Waals surface area contributed by atoms with Gasteiger partial charge in [-0.05, 0) is 31.1 Å². The number of carbonyl (C=O) groups is 1. The van der Waals surface area contributed by atoms with E-state index in [1.165, 1.54) is 6.08 Å². The first-order chi connectivity index (χ1) is 20.3. The van der Waals surface area contributed by atoms with Crippen LogP contribution < -0.4 is 19.7 Å². The first-order valence-electron chi connectivity index (χ1n) is 14.1. The molecule has 3 atom stereocenters. The first-order valence-corrected chi connectivity index (χ1v) is 14.8. The molecule has 3 aliphatic heterocycles. The Morgan fingerprint density at radius 2 is 1.95 bits per heavy atom. The lowest BCUT2D eigenvalue weighted by atomic mass is 9.87. The van der Waals surface area contributed by atoms with Crippen LogP contribution in [0.5, 0.6) is 11.5 Å². The highest BCUT2D eigenvalue weighted by atomic mass is 35.5. The van der Waals surface area contributed by atoms with Crippen LogP contribution in [-0.4, -0.2) is 75.5 Å². The molecule has 42 heavy (non-hydrogen) atoms. The second kappa shape index (κ2) is 11.9. The third-order valence-electron chi connectivity index (χ3n) is 8.67. The van der Waals surface area contributed by atoms with Crippen molar-refractivity contribution in [2.45, 2.75) is 25.3 Å². The summed E-state index contributed by atoms with van der Waals surface area (Å²) in [4.78, 5) is 24.3. The summed E-state index contributed by atoms with van der Waals surface area (Å²) in [5.41, 5.74) is 1.26. The molecule has 0 aliphatic carbocycles. The van der Waals surface area contributed by atoms with Crippen molar-refractivity contribution in [1.29, 1.82) is 0 Å². The Labute approximate surface area is 255 Å². The number of halogens is 2. The number of aromatic nitrogens is 2. The Balaban J connectivity index is 1.44. The Morgan fingerprint density at radius 1 is 1.17 bits per heavy atom. The highest BCUT2D eigenvalue weighted by molar-refractivity contribution is 6.41. The normalized spacial score (nSPS) is 23.6. The van der Waals surface area contributed by atoms with Gasteiger partial charge >= 0.3 is 0 Å². The standard InChI is InChI=1S/C31H34Cl2N4O5/c1-4-20(38)9-19-14-42-15-23(19)35-26-11-21-18(13-34-26)10-22(27-28(32)24(39-2)12-25(40-3)29(27)33)36-30(21)37-7-5-31(16-37)6-8-41-17-31/h4,10-13,19,23H,1,5-9,14-17H2,2-3H3,(H,34,35)/t19-,23+,31?/m0/s1. The van der Waals surface area contributed by atoms with Crippen LogP contribution in [0.25, 0.3) is 22.0 Å². The molecule has 222 valence electrons. The van der Waals surface area contributed by atoms with Crippen LogP contribution in [0.1, 0.15) is 19.3 Å². The number of benzene rings is 1. The summed E-state index contributed by atoms with van der Waals surface area (Å²) in [6, 6.07) is 5.60. The van der Waals surface area contributed by atoms with Gasteiger partial charge in [0.15, 0.2) is 5.78 Å². The SMILES string of the molecule is C=CC(=O)C[C@H]1COC[C@H]1Nc1cc2c(N3CCC4(CCOC4)C3)nc(-c3c(Cl)c(OC)cc(OC)c3Cl)cc2cn1. The minimum absolute atomic E-state index is 0.00753. The van der Waals surface area contributed by atoms with E-state index in [-0.39, 0.29) is 23.2 Å². The van der Waals surface area contributed by atoms with Crippen LogP contribution in [0.15, 0.2) is 37.1 Å². The van der Waals surface area contributed by atoms with Gasteiger partial charge in [0.05, 0.1) is 55.8 Å². The van der Waals surface area contributed by atoms with Gasteiger partial charge in [-0.3, -0.25) is 4.79 Å². The number of fused-ring (bicyclic) bond motifs is 1. The maximum atomic E-state index is 12.0. The second-order valence-electron chi connectivity index (χ2n) is 11.3. The molecule has 6 rings (SSSR count). The minimum Gasteiger partial charge on any atom is -0.495 e. The number of hydrogen-bond acceptors (Lipinski definition) is 9. The van der Waals surface area contributed by atoms with Crippen LogP contribution in [0.4, 0.5) is 11.6 Å². The minimum atomic E-state index is -0.0397. The molecule has 1 aromatic carbocycles. The zero-order valence-electron chi connectivity index (χ0n) is 23.8. The Kier molecular flexibility index (Phi) is 8.20. The number of pyridine rings is 2. The Morgan fingerprint density at radius 3 is 2.64 bits per heavy atom. The molecule has 3 saturated heterocycles. The largest absolute Gasteiger partial charge is 0.495 e. The van der Waals surface area contributed by atoms with Crippen LogP contribution in [0, 0.1) is 11.3 Å². The van der Waals surface area contributed by atoms with Gasteiger partial charge in [-0.2, -0.15) is 0 Å². The third kappa shape index (κ3) is 5.39. The summed E-state index contributed by atoms with van der Waals surface area (Å²) >= 11 is 13.6. The molecule has 1 N–H and O–H groups in total. The number of anilines is 2. The zero-order chi connectivity index (χ0) is 29.4. The molecule has 0 radical (unpaired) electrons. The van der Waals surface area contributed by atoms with Gasteiger partial charge in [-0.1, -0.05) is 29.8 Å². The van der Waals surface area contributed by atoms with E-state index in [1.54, 1.807) is 20.3 Å². The molecule has 9 nitrogen and oxygen atoms in total. The molecule has 0 amide bonds. The number of carbonyl (C=O) groups excluding carboxylic acids is 1. The molecule has 0 saturated carbocycles. The molecule has 5 heterocycles. The summed E-state index contributed by atoms with van der Waals surface area (Å²) in [6.07, 6.45) is 5.65. The van der Waals surface area contributed by atoms with Crippen molar-refractivity contribution in [2.75, 3.05) is 64.0 Å². The molecule has 1 spiro atoms. The molecule has 3 aromatic rings. The van der Waals surface area contributed by atoms with E-state index < -0.39 is 0 Å². The van der Waals surface area contributed by atoms with Crippen molar-refractivity contribution in [2.24, 2.45) is 11.3 Å². The highest BCUT2D eigenvalue weighted by Crippen LogP contribution is 2.47. The molecule has 3 aliphatic rings. The van der Waals surface area contributed by atoms with E-state index in [1.807, 2.05) is 18.3 Å². The predicted octanol–water partition coefficient (Wildman–Crippen LogP) is 5.81. The molecule has 0 bridgehead atoms. The van der Waals surface area contributed by atoms with Crippen molar-refractivity contribution < 1.29 is 23.7 Å². The van der Waals surface area contributed by atoms with Gasteiger partial charge in [0, 0.05) is 66.0 Å². The van der Waals surface area contributed by atoms with Crippen molar-refractivity contribution in [1.82, 2.24) is 9.97 Å². The van der Waals surface area contributed by atoms with Gasteiger partial charge in [-0.15, -0.1) is 0 Å². The number of methoxy groups -OCH3 is 2. The number of allylic oxidation sites excluding steroid dienone is 1. The number of rotatable bonds is 9. The molecule has 1 unspecified atom stereocenters. The number of ketones is 1. The lowest BCUT2D eigenvalue weighted by molar-refractivity contribution is -0.115. The van der Waals surface area contributed by atoms with Crippen molar-refractivity contribution in [3.8, 4) is 22.8 Å². The lowest BCUT2D eigenvalue weighted by Crippen LogP contribution is -2.29. The summed E-state index contributed by atoms with van der Waals surface area (Å²) in [5.74, 6) is 2.46. The topological polar surface area (TPSA) is 95.0 Å². The smallest absolute Gasteiger partial charge is 0.155 e. The lowest BCUT2D eigenvalue weighted by Gasteiger charge is -2.25. The Hall–Kier alpha value is -3.11. The van der Waals surface area contributed by atoms with Crippen LogP contribution in [0.3, 0.4) is 0 Å². The van der Waals surface area contributed by atoms with Gasteiger partial charge in [0.1, 0.15) is 23.1 Å². The van der Waals surface area contributed by atoms with Crippen molar-refractivity contribution >= 4 is 51.4 Å². The van der Waals surface area contributed by atoms with E-state index in [0.717, 1.165) is 55.7 Å². The van der Waals surface area contributed by atoms with E-state index >= 15 is 0 Å². The molecule has 2 aromatic heterocycles. The maximum absolute atomic E-state index is 12.0. The van der Waals surface area contributed by atoms with Gasteiger partial charge < -0.3 is 29.2 Å². The molecular formula is C31H34Cl2N4O5. The van der Waals surface area contributed by atoms with Crippen LogP contribution >= 0.6 is 23.2 Å². The number of nitrogens with zero attached hydrogens (tertiary/aromatic N) is 3. The van der Waals surface area contributed by atoms with E-state index in [0.29, 0.717) is 58.3 Å². The third-order valence-corrected chi connectivity index (χ3v) is 9.42. The zero-order valence-corrected chi connectivity index (χ0v) is 25.3. The van der Waals surface area contributed by atoms with E-state index in [4.69, 9.17) is 52.1 Å². The number of nitrogens with one attached hydrogen (secondary N) is 1. The van der Waals surface area contributed by atoms with Gasteiger partial charge in [-0.25, -0.2) is 9.97 Å². The summed E-state index contributed by atoms with van der Waals surface area (Å²) in [7, 11) is 3.10. The van der Waals surface area contributed by atoms with Crippen LogP contribution in [-0.2, 0) is 14.3 Å². The first kappa shape index (κ1) is 29.0. The molecular weight excluding hydrogens is 579 g/mol. The summed E-state index contributed by atoms with van der Waals surface area (Å²) in [6.45, 7) is 7.86. The highest BCUT2D eigenvalue weighted by Gasteiger charge is 2.42. The monoisotopic (exact) mass is 612 g/mol. The summed E-state index contributed by atoms with van der Waals surface area (Å²) in [5, 5.41) is 6.06. The number of hydrogen-bond donors (Lipinski definition) is 1. The second-order valence-corrected chi connectivity index (χ2v) is 12.1. The van der Waals surface area contributed by atoms with Crippen molar-refractivity contribution in [3.63, 3.8) is 0 Å². The van der Waals surface area contributed by atoms with E-state index in [9.17, 15) is 4.79 Å². The molecule has 11 heteroatoms. The Bertz CT molecular complexity index is 1500. The fourth-order valence-electron chi connectivity index (χ4n) is 6.27. The average Bonchev–Trinajstić information content (AvgIpc) is 3.75. The summed E-state index contributed by atoms with van der Waals surface area (Å²) < 4.78 is 22.5. The van der Waals surface area contributed by atoms with Crippen molar-refractivity contribution in [3.05, 3.63) is 47.1 Å². The van der Waals surface area contributed by atoms with Crippen LogP contribution in [0.2, 0.25) is 10.0 Å². The fraction of sp³-hybridized carbons (Fsp3) is 0.452. The van der Waals surface area contributed by atoms with Gasteiger partial charge in [0.25, 0.3) is 0 Å². The maximum Gasteiger partial charge on any atom is 0.155 e. The predicted molar refractivity (Wildman–Crippen MR) is 164 cm³/mol. The fourth-order valence-corrected chi connectivity index (χ4v) is 6.96.